The maximum Gasteiger partial charge on any atom is 0.419 e. The van der Waals surface area contributed by atoms with E-state index >= 15 is 8.78 Å². The zero-order valence-corrected chi connectivity index (χ0v) is 31.3. The van der Waals surface area contributed by atoms with Crippen molar-refractivity contribution in [3.63, 3.8) is 0 Å². The molecule has 19 heteroatoms. The van der Waals surface area contributed by atoms with Gasteiger partial charge in [0.1, 0.15) is 40.0 Å². The minimum atomic E-state index is -4.99. The Hall–Kier alpha value is -4.78. The van der Waals surface area contributed by atoms with E-state index in [9.17, 15) is 30.8 Å². The highest BCUT2D eigenvalue weighted by Gasteiger charge is 2.39. The summed E-state index contributed by atoms with van der Waals surface area (Å²) >= 11 is 0.695. The van der Waals surface area contributed by atoms with Gasteiger partial charge in [0.15, 0.2) is 11.6 Å². The van der Waals surface area contributed by atoms with E-state index in [1.807, 2.05) is 0 Å². The fourth-order valence-corrected chi connectivity index (χ4v) is 8.12. The molecule has 0 aliphatic carbocycles. The monoisotopic (exact) mass is 802 g/mol. The van der Waals surface area contributed by atoms with Gasteiger partial charge in [-0.25, -0.2) is 35.7 Å². The van der Waals surface area contributed by atoms with E-state index in [4.69, 9.17) is 18.9 Å². The first-order valence-electron chi connectivity index (χ1n) is 16.3. The van der Waals surface area contributed by atoms with Gasteiger partial charge in [-0.15, -0.1) is 0 Å². The van der Waals surface area contributed by atoms with E-state index in [0.29, 0.717) is 47.1 Å². The molecule has 292 valence electrons. The Morgan fingerprint density at radius 3 is 2.33 bits per heavy atom. The number of carbonyl (C=O) groups excluding carboxylic acids is 1. The van der Waals surface area contributed by atoms with Crippen LogP contribution in [0.2, 0.25) is 0 Å². The molecule has 4 aromatic rings. The van der Waals surface area contributed by atoms with Crippen molar-refractivity contribution in [2.75, 3.05) is 38.2 Å². The number of alkyl halides is 3. The number of likely N-dealkylation sites (tertiary alicyclic amines) is 1. The summed E-state index contributed by atoms with van der Waals surface area (Å²) in [5.74, 6) is -5.72. The minimum Gasteiger partial charge on any atom is -0.497 e. The number of ether oxygens (including phenoxy) is 4. The molecule has 0 saturated carbocycles. The number of carbonyl (C=O) groups is 1. The van der Waals surface area contributed by atoms with Crippen LogP contribution in [0.25, 0.3) is 0 Å². The van der Waals surface area contributed by atoms with E-state index < -0.39 is 86.5 Å². The standard InChI is InChI=1S/C35H36F6N4O7S2/c1-34(2,3)52-33(46)44-11-10-24(20-7-9-26(36)25(12-20)35(39,40)41)22(16-44)18-51-30-14-28(38)31(15-27(30)37)54(47,48)45(32-42-19-43-53-32)17-21-6-8-23(49-4)13-29(21)50-5/h6-9,12-15,19,22,24H,10-11,16-18H2,1-5H3. The number of sulfonamides is 1. The van der Waals surface area contributed by atoms with Crippen LogP contribution in [-0.4, -0.2) is 68.3 Å². The summed E-state index contributed by atoms with van der Waals surface area (Å²) in [7, 11) is -2.07. The van der Waals surface area contributed by atoms with Crippen LogP contribution in [0, 0.1) is 23.4 Å². The Balaban J connectivity index is 1.44. The van der Waals surface area contributed by atoms with Crippen molar-refractivity contribution in [3.05, 3.63) is 89.0 Å². The molecule has 1 aromatic heterocycles. The smallest absolute Gasteiger partial charge is 0.419 e. The molecule has 11 nitrogen and oxygen atoms in total. The number of methoxy groups -OCH3 is 2. The lowest BCUT2D eigenvalue weighted by atomic mass is 9.80. The Bertz CT molecular complexity index is 2080. The lowest BCUT2D eigenvalue weighted by Crippen LogP contribution is -2.46. The second-order valence-electron chi connectivity index (χ2n) is 13.3. The molecular formula is C35H36F6N4O7S2. The Morgan fingerprint density at radius 2 is 1.70 bits per heavy atom. The molecule has 1 saturated heterocycles. The number of nitrogens with zero attached hydrogens (tertiary/aromatic N) is 4. The summed E-state index contributed by atoms with van der Waals surface area (Å²) in [6, 6.07) is 8.16. The normalized spacial score (nSPS) is 16.5. The van der Waals surface area contributed by atoms with Crippen molar-refractivity contribution >= 4 is 32.8 Å². The van der Waals surface area contributed by atoms with E-state index in [2.05, 4.69) is 9.36 Å². The van der Waals surface area contributed by atoms with E-state index in [1.165, 1.54) is 37.3 Å². The fourth-order valence-electron chi connectivity index (χ4n) is 5.93. The van der Waals surface area contributed by atoms with Gasteiger partial charge in [-0.1, -0.05) is 6.07 Å². The van der Waals surface area contributed by atoms with E-state index in [1.54, 1.807) is 26.8 Å². The number of anilines is 1. The Morgan fingerprint density at radius 1 is 0.963 bits per heavy atom. The van der Waals surface area contributed by atoms with Crippen LogP contribution in [0.5, 0.6) is 17.2 Å². The molecule has 0 N–H and O–H groups in total. The van der Waals surface area contributed by atoms with Gasteiger partial charge in [-0.05, 0) is 62.9 Å². The number of piperidine rings is 1. The van der Waals surface area contributed by atoms with Crippen LogP contribution < -0.4 is 18.5 Å². The maximum atomic E-state index is 15.8. The van der Waals surface area contributed by atoms with Crippen LogP contribution in [0.3, 0.4) is 0 Å². The lowest BCUT2D eigenvalue weighted by molar-refractivity contribution is -0.140. The summed E-state index contributed by atoms with van der Waals surface area (Å²) < 4.78 is 141. The van der Waals surface area contributed by atoms with Crippen molar-refractivity contribution in [2.45, 2.75) is 56.3 Å². The predicted molar refractivity (Wildman–Crippen MR) is 185 cm³/mol. The van der Waals surface area contributed by atoms with Crippen LogP contribution in [0.1, 0.15) is 49.8 Å². The van der Waals surface area contributed by atoms with E-state index in [-0.39, 0.29) is 36.0 Å². The van der Waals surface area contributed by atoms with Crippen LogP contribution in [0.15, 0.2) is 59.8 Å². The number of hydrogen-bond acceptors (Lipinski definition) is 10. The summed E-state index contributed by atoms with van der Waals surface area (Å²) in [5.41, 5.74) is -1.91. The average molecular weight is 803 g/mol. The number of aromatic nitrogens is 2. The van der Waals surface area contributed by atoms with Gasteiger partial charge in [-0.3, -0.25) is 0 Å². The zero-order chi connectivity index (χ0) is 39.6. The van der Waals surface area contributed by atoms with Crippen molar-refractivity contribution in [1.29, 1.82) is 0 Å². The number of halogens is 6. The third-order valence-corrected chi connectivity index (χ3v) is 11.0. The first kappa shape index (κ1) is 40.4. The van der Waals surface area contributed by atoms with Gasteiger partial charge in [0.25, 0.3) is 10.0 Å². The average Bonchev–Trinajstić information content (AvgIpc) is 3.64. The maximum absolute atomic E-state index is 15.8. The van der Waals surface area contributed by atoms with Crippen molar-refractivity contribution in [2.24, 2.45) is 5.92 Å². The molecule has 54 heavy (non-hydrogen) atoms. The largest absolute Gasteiger partial charge is 0.497 e. The van der Waals surface area contributed by atoms with Crippen LogP contribution in [-0.2, 0) is 27.5 Å². The second kappa shape index (κ2) is 15.9. The fraction of sp³-hybridized carbons (Fsp3) is 0.400. The van der Waals surface area contributed by atoms with Crippen molar-refractivity contribution < 1.29 is 58.5 Å². The third kappa shape index (κ3) is 9.11. The molecule has 2 unspecified atom stereocenters. The SMILES string of the molecule is COc1ccc(CN(c2ncns2)S(=O)(=O)c2cc(F)c(OCC3CN(C(=O)OC(C)(C)C)CCC3c3ccc(F)c(C(F)(F)F)c3)cc2F)c(OC)c1. The highest BCUT2D eigenvalue weighted by molar-refractivity contribution is 7.93. The first-order valence-corrected chi connectivity index (χ1v) is 18.5. The number of amides is 1. The number of benzene rings is 3. The van der Waals surface area contributed by atoms with Crippen LogP contribution >= 0.6 is 11.5 Å². The van der Waals surface area contributed by atoms with Gasteiger partial charge in [0.2, 0.25) is 5.13 Å². The lowest BCUT2D eigenvalue weighted by Gasteiger charge is -2.39. The molecule has 2 heterocycles. The highest BCUT2D eigenvalue weighted by atomic mass is 32.2. The molecule has 5 rings (SSSR count). The first-order chi connectivity index (χ1) is 25.3. The number of rotatable bonds is 11. The Kier molecular flexibility index (Phi) is 11.9. The zero-order valence-electron chi connectivity index (χ0n) is 29.6. The van der Waals surface area contributed by atoms with Crippen molar-refractivity contribution in [1.82, 2.24) is 14.3 Å². The molecule has 0 spiro atoms. The second-order valence-corrected chi connectivity index (χ2v) is 15.8. The third-order valence-electron chi connectivity index (χ3n) is 8.49. The van der Waals surface area contributed by atoms with Gasteiger partial charge >= 0.3 is 12.3 Å². The molecular weight excluding hydrogens is 767 g/mol. The van der Waals surface area contributed by atoms with Gasteiger partial charge in [0.05, 0.1) is 32.9 Å². The van der Waals surface area contributed by atoms with Gasteiger partial charge in [-0.2, -0.15) is 17.5 Å². The molecule has 3 aromatic carbocycles. The molecule has 1 amide bonds. The minimum absolute atomic E-state index is 0.0673. The number of hydrogen-bond donors (Lipinski definition) is 0. The molecule has 1 aliphatic heterocycles. The van der Waals surface area contributed by atoms with Crippen LogP contribution in [0.4, 0.5) is 36.3 Å². The predicted octanol–water partition coefficient (Wildman–Crippen LogP) is 7.81. The summed E-state index contributed by atoms with van der Waals surface area (Å²) in [4.78, 5) is 17.2. The van der Waals surface area contributed by atoms with E-state index in [0.717, 1.165) is 10.6 Å². The van der Waals surface area contributed by atoms with Gasteiger partial charge in [0, 0.05) is 54.3 Å². The molecule has 1 aliphatic rings. The van der Waals surface area contributed by atoms with Crippen molar-refractivity contribution in [3.8, 4) is 17.2 Å². The summed E-state index contributed by atoms with van der Waals surface area (Å²) in [6.45, 7) is 4.02. The Labute approximate surface area is 311 Å². The molecule has 0 radical (unpaired) electrons. The summed E-state index contributed by atoms with van der Waals surface area (Å²) in [5, 5.41) is -0.152. The topological polar surface area (TPSA) is 120 Å². The molecule has 2 atom stereocenters. The summed E-state index contributed by atoms with van der Waals surface area (Å²) in [6.07, 6.45) is -4.50. The highest BCUT2D eigenvalue weighted by Crippen LogP contribution is 2.39. The molecule has 0 bridgehead atoms. The quantitative estimate of drug-likeness (QED) is 0.140. The van der Waals surface area contributed by atoms with Gasteiger partial charge < -0.3 is 23.8 Å². The molecule has 1 fully saturated rings.